The van der Waals surface area contributed by atoms with Gasteiger partial charge in [-0.05, 0) is 37.2 Å². The summed E-state index contributed by atoms with van der Waals surface area (Å²) in [5.41, 5.74) is 1.01. The van der Waals surface area contributed by atoms with Crippen molar-refractivity contribution in [3.63, 3.8) is 0 Å². The fourth-order valence-corrected chi connectivity index (χ4v) is 8.55. The molecule has 1 aromatic rings. The number of hydrogen-bond donors (Lipinski definition) is 1. The smallest absolute Gasteiger partial charge is 0.311 e. The summed E-state index contributed by atoms with van der Waals surface area (Å²) in [6, 6.07) is 8.52. The number of nitrogens with zero attached hydrogens (tertiary/aromatic N) is 2. The summed E-state index contributed by atoms with van der Waals surface area (Å²) in [6.07, 6.45) is 11.3. The maximum Gasteiger partial charge on any atom is 0.311 e. The molecule has 2 saturated heterocycles. The van der Waals surface area contributed by atoms with Crippen molar-refractivity contribution in [2.45, 2.75) is 68.2 Å². The molecule has 38 heavy (non-hydrogen) atoms. The van der Waals surface area contributed by atoms with Crippen molar-refractivity contribution in [1.29, 1.82) is 0 Å². The molecule has 4 aliphatic rings. The minimum atomic E-state index is -0.906. The van der Waals surface area contributed by atoms with Crippen molar-refractivity contribution in [3.05, 3.63) is 60.2 Å². The lowest BCUT2D eigenvalue weighted by Crippen LogP contribution is -2.56. The monoisotopic (exact) mass is 538 g/mol. The summed E-state index contributed by atoms with van der Waals surface area (Å²) in [7, 11) is 0. The van der Waals surface area contributed by atoms with E-state index in [1.54, 1.807) is 21.6 Å². The van der Waals surface area contributed by atoms with E-state index in [-0.39, 0.29) is 35.6 Å². The molecule has 2 amide bonds. The third-order valence-corrected chi connectivity index (χ3v) is 9.93. The number of allylic oxidation sites excluding steroid dienone is 1. The highest BCUT2D eigenvalue weighted by Gasteiger charge is 2.71. The molecule has 1 N–H and O–H groups in total. The number of fused-ring (bicyclic) bond motifs is 2. The summed E-state index contributed by atoms with van der Waals surface area (Å²) >= 11 is 1.55. The van der Waals surface area contributed by atoms with Crippen molar-refractivity contribution < 1.29 is 24.2 Å². The van der Waals surface area contributed by atoms with Crippen LogP contribution in [0.2, 0.25) is 0 Å². The SMILES string of the molecule is CC(C)C[C@H](CO)N1C(=O)[C@@H]2[C@H]3C(=O)OCCCC/C=C\[C@H]3S[C@@]23C=CCN(Cc2ccccc2)C(=O)C13. The highest BCUT2D eigenvalue weighted by atomic mass is 32.2. The lowest BCUT2D eigenvalue weighted by molar-refractivity contribution is -0.154. The maximum atomic E-state index is 14.4. The first-order valence-electron chi connectivity index (χ1n) is 13.8. The Morgan fingerprint density at radius 3 is 2.63 bits per heavy atom. The number of ether oxygens (including phenoxy) is 1. The Morgan fingerprint density at radius 2 is 1.89 bits per heavy atom. The summed E-state index contributed by atoms with van der Waals surface area (Å²) in [6.45, 7) is 5.05. The zero-order valence-electron chi connectivity index (χ0n) is 22.2. The van der Waals surface area contributed by atoms with Crippen molar-refractivity contribution in [2.75, 3.05) is 19.8 Å². The number of hydrogen-bond acceptors (Lipinski definition) is 6. The molecule has 1 unspecified atom stereocenters. The first-order chi connectivity index (χ1) is 18.4. The lowest BCUT2D eigenvalue weighted by Gasteiger charge is -2.39. The number of carbonyl (C=O) groups excluding carboxylic acids is 3. The van der Waals surface area contributed by atoms with E-state index in [9.17, 15) is 19.5 Å². The standard InChI is InChI=1S/C30H38N2O5S/c1-20(2)17-22(19-33)32-26-28(35)31(18-21-11-6-5-7-12-21)15-10-14-30(26)25(27(32)34)24-23(38-30)13-8-3-4-9-16-37-29(24)36/h5-8,10-14,20,22-26,33H,3-4,9,15-19H2,1-2H3/b13-8-/t22-,23-,24+,25+,26?,30+/m1/s1. The summed E-state index contributed by atoms with van der Waals surface area (Å²) in [5, 5.41) is 10.2. The summed E-state index contributed by atoms with van der Waals surface area (Å²) in [5.74, 6) is -1.90. The lowest BCUT2D eigenvalue weighted by atomic mass is 9.78. The predicted octanol–water partition coefficient (Wildman–Crippen LogP) is 3.57. The number of cyclic esters (lactones) is 1. The summed E-state index contributed by atoms with van der Waals surface area (Å²) < 4.78 is 4.78. The molecule has 0 saturated carbocycles. The molecule has 0 aromatic heterocycles. The van der Waals surface area contributed by atoms with Gasteiger partial charge in [0.15, 0.2) is 0 Å². The molecule has 0 aliphatic carbocycles. The number of amides is 2. The number of benzene rings is 1. The van der Waals surface area contributed by atoms with E-state index in [0.29, 0.717) is 26.1 Å². The Morgan fingerprint density at radius 1 is 1.11 bits per heavy atom. The molecule has 2 fully saturated rings. The van der Waals surface area contributed by atoms with Crippen LogP contribution in [0.1, 0.15) is 45.1 Å². The normalized spacial score (nSPS) is 32.9. The van der Waals surface area contributed by atoms with Crippen LogP contribution in [0.15, 0.2) is 54.6 Å². The van der Waals surface area contributed by atoms with Crippen molar-refractivity contribution >= 4 is 29.5 Å². The Hall–Kier alpha value is -2.58. The average molecular weight is 539 g/mol. The number of rotatable bonds is 6. The second-order valence-corrected chi connectivity index (χ2v) is 12.7. The van der Waals surface area contributed by atoms with Gasteiger partial charge in [0.1, 0.15) is 6.04 Å². The van der Waals surface area contributed by atoms with Crippen LogP contribution in [0.5, 0.6) is 0 Å². The third kappa shape index (κ3) is 4.81. The van der Waals surface area contributed by atoms with Crippen molar-refractivity contribution in [3.8, 4) is 0 Å². The fourth-order valence-electron chi connectivity index (χ4n) is 6.56. The molecule has 8 heteroatoms. The van der Waals surface area contributed by atoms with Gasteiger partial charge in [0.25, 0.3) is 0 Å². The van der Waals surface area contributed by atoms with Gasteiger partial charge in [-0.1, -0.05) is 68.5 Å². The van der Waals surface area contributed by atoms with Gasteiger partial charge in [-0.3, -0.25) is 14.4 Å². The minimum absolute atomic E-state index is 0.134. The molecule has 204 valence electrons. The van der Waals surface area contributed by atoms with Gasteiger partial charge in [0.05, 0.1) is 35.8 Å². The Kier molecular flexibility index (Phi) is 8.00. The largest absolute Gasteiger partial charge is 0.465 e. The number of thioether (sulfide) groups is 1. The van der Waals surface area contributed by atoms with Crippen LogP contribution < -0.4 is 0 Å². The molecule has 5 rings (SSSR count). The predicted molar refractivity (Wildman–Crippen MR) is 147 cm³/mol. The molecule has 1 spiro atoms. The zero-order chi connectivity index (χ0) is 26.9. The van der Waals surface area contributed by atoms with Crippen LogP contribution in [-0.2, 0) is 25.7 Å². The fraction of sp³-hybridized carbons (Fsp3) is 0.567. The van der Waals surface area contributed by atoms with Crippen LogP contribution in [0, 0.1) is 17.8 Å². The molecular formula is C30H38N2O5S. The van der Waals surface area contributed by atoms with E-state index < -0.39 is 28.7 Å². The van der Waals surface area contributed by atoms with E-state index >= 15 is 0 Å². The van der Waals surface area contributed by atoms with Gasteiger partial charge < -0.3 is 19.6 Å². The van der Waals surface area contributed by atoms with Crippen molar-refractivity contribution in [2.24, 2.45) is 17.8 Å². The number of carbonyl (C=O) groups is 3. The van der Waals surface area contributed by atoms with Crippen LogP contribution in [0.4, 0.5) is 0 Å². The van der Waals surface area contributed by atoms with Gasteiger partial charge in [-0.2, -0.15) is 0 Å². The molecular weight excluding hydrogens is 500 g/mol. The van der Waals surface area contributed by atoms with Crippen LogP contribution >= 0.6 is 11.8 Å². The van der Waals surface area contributed by atoms with Gasteiger partial charge in [0.2, 0.25) is 11.8 Å². The van der Waals surface area contributed by atoms with Crippen molar-refractivity contribution in [1.82, 2.24) is 9.80 Å². The highest BCUT2D eigenvalue weighted by molar-refractivity contribution is 8.02. The minimum Gasteiger partial charge on any atom is -0.465 e. The first-order valence-corrected chi connectivity index (χ1v) is 14.7. The molecule has 0 bridgehead atoms. The van der Waals surface area contributed by atoms with E-state index in [1.165, 1.54) is 0 Å². The second kappa shape index (κ2) is 11.3. The molecule has 0 radical (unpaired) electrons. The van der Waals surface area contributed by atoms with E-state index in [0.717, 1.165) is 24.8 Å². The van der Waals surface area contributed by atoms with Gasteiger partial charge >= 0.3 is 5.97 Å². The highest BCUT2D eigenvalue weighted by Crippen LogP contribution is 2.61. The third-order valence-electron chi connectivity index (χ3n) is 8.19. The van der Waals surface area contributed by atoms with E-state index in [1.807, 2.05) is 62.4 Å². The quantitative estimate of drug-likeness (QED) is 0.440. The number of likely N-dealkylation sites (tertiary alicyclic amines) is 1. The molecule has 4 heterocycles. The van der Waals surface area contributed by atoms with E-state index in [4.69, 9.17) is 4.74 Å². The maximum absolute atomic E-state index is 14.4. The van der Waals surface area contributed by atoms with Gasteiger partial charge in [-0.15, -0.1) is 11.8 Å². The summed E-state index contributed by atoms with van der Waals surface area (Å²) in [4.78, 5) is 45.7. The van der Waals surface area contributed by atoms with Crippen LogP contribution in [0.3, 0.4) is 0 Å². The van der Waals surface area contributed by atoms with Crippen LogP contribution in [0.25, 0.3) is 0 Å². The van der Waals surface area contributed by atoms with Crippen LogP contribution in [-0.4, -0.2) is 74.5 Å². The van der Waals surface area contributed by atoms with E-state index in [2.05, 4.69) is 6.08 Å². The zero-order valence-corrected chi connectivity index (χ0v) is 23.0. The average Bonchev–Trinajstić information content (AvgIpc) is 3.30. The number of aliphatic hydroxyl groups excluding tert-OH is 1. The van der Waals surface area contributed by atoms with Gasteiger partial charge in [0, 0.05) is 18.3 Å². The Bertz CT molecular complexity index is 1110. The Balaban J connectivity index is 1.59. The molecule has 4 aliphatic heterocycles. The number of esters is 1. The topological polar surface area (TPSA) is 87.2 Å². The number of aliphatic hydroxyl groups is 1. The molecule has 6 atom stereocenters. The second-order valence-electron chi connectivity index (χ2n) is 11.3. The first kappa shape index (κ1) is 27.0. The molecule has 7 nitrogen and oxygen atoms in total. The Labute approximate surface area is 229 Å². The van der Waals surface area contributed by atoms with Gasteiger partial charge in [-0.25, -0.2) is 0 Å². The molecule has 1 aromatic carbocycles.